The van der Waals surface area contributed by atoms with Crippen molar-refractivity contribution in [1.29, 1.82) is 0 Å². The molecular formula is C18H25NO4. The summed E-state index contributed by atoms with van der Waals surface area (Å²) in [6, 6.07) is 9.62. The maximum absolute atomic E-state index is 12.0. The molecular weight excluding hydrogens is 294 g/mol. The first kappa shape index (κ1) is 17.3. The summed E-state index contributed by atoms with van der Waals surface area (Å²) in [5.74, 6) is -0.597. The Hall–Kier alpha value is -2.04. The largest absolute Gasteiger partial charge is 0.481 e. The lowest BCUT2D eigenvalue weighted by molar-refractivity contribution is -0.143. The minimum absolute atomic E-state index is 0.0491. The van der Waals surface area contributed by atoms with E-state index in [0.717, 1.165) is 24.8 Å². The number of carbonyl (C=O) groups is 2. The third-order valence-electron chi connectivity index (χ3n) is 4.65. The predicted molar refractivity (Wildman–Crippen MR) is 86.9 cm³/mol. The van der Waals surface area contributed by atoms with Gasteiger partial charge in [-0.3, -0.25) is 4.79 Å². The third kappa shape index (κ3) is 5.27. The van der Waals surface area contributed by atoms with E-state index in [-0.39, 0.29) is 18.6 Å². The summed E-state index contributed by atoms with van der Waals surface area (Å²) < 4.78 is 5.27. The molecule has 0 heterocycles. The van der Waals surface area contributed by atoms with Crippen molar-refractivity contribution >= 4 is 12.1 Å². The van der Waals surface area contributed by atoms with Crippen LogP contribution >= 0.6 is 0 Å². The Morgan fingerprint density at radius 3 is 2.43 bits per heavy atom. The number of benzene rings is 1. The van der Waals surface area contributed by atoms with Gasteiger partial charge in [0, 0.05) is 6.04 Å². The number of ether oxygens (including phenoxy) is 1. The summed E-state index contributed by atoms with van der Waals surface area (Å²) in [6.45, 7) is 2.29. The van der Waals surface area contributed by atoms with E-state index in [0.29, 0.717) is 18.8 Å². The Labute approximate surface area is 137 Å². The van der Waals surface area contributed by atoms with E-state index in [1.54, 1.807) is 0 Å². The fourth-order valence-electron chi connectivity index (χ4n) is 3.24. The van der Waals surface area contributed by atoms with E-state index in [2.05, 4.69) is 5.32 Å². The summed E-state index contributed by atoms with van der Waals surface area (Å²) in [4.78, 5) is 23.0. The first-order valence-electron chi connectivity index (χ1n) is 8.30. The number of rotatable bonds is 6. The Balaban J connectivity index is 1.78. The number of hydrogen-bond donors (Lipinski definition) is 2. The van der Waals surface area contributed by atoms with Crippen molar-refractivity contribution in [3.05, 3.63) is 35.9 Å². The van der Waals surface area contributed by atoms with E-state index in [1.165, 1.54) is 0 Å². The second-order valence-corrected chi connectivity index (χ2v) is 6.17. The van der Waals surface area contributed by atoms with Gasteiger partial charge in [0.25, 0.3) is 0 Å². The zero-order valence-electron chi connectivity index (χ0n) is 13.5. The number of carboxylic acid groups (broad SMARTS) is 1. The van der Waals surface area contributed by atoms with Crippen LogP contribution < -0.4 is 5.32 Å². The first-order valence-corrected chi connectivity index (χ1v) is 8.30. The molecule has 1 amide bonds. The van der Waals surface area contributed by atoms with Gasteiger partial charge in [-0.2, -0.15) is 0 Å². The normalized spacial score (nSPS) is 22.1. The zero-order chi connectivity index (χ0) is 16.7. The summed E-state index contributed by atoms with van der Waals surface area (Å²) in [5.41, 5.74) is 0.956. The zero-order valence-corrected chi connectivity index (χ0v) is 13.5. The fourth-order valence-corrected chi connectivity index (χ4v) is 3.24. The van der Waals surface area contributed by atoms with E-state index in [1.807, 2.05) is 37.3 Å². The van der Waals surface area contributed by atoms with Gasteiger partial charge in [0.05, 0.1) is 5.92 Å². The molecule has 5 heteroatoms. The number of amides is 1. The van der Waals surface area contributed by atoms with Crippen LogP contribution in [-0.4, -0.2) is 23.2 Å². The quantitative estimate of drug-likeness (QED) is 0.840. The molecule has 126 valence electrons. The second kappa shape index (κ2) is 8.56. The van der Waals surface area contributed by atoms with Crippen molar-refractivity contribution in [2.45, 2.75) is 51.7 Å². The maximum atomic E-state index is 12.0. The van der Waals surface area contributed by atoms with Crippen molar-refractivity contribution in [3.8, 4) is 0 Å². The van der Waals surface area contributed by atoms with Crippen LogP contribution in [0.1, 0.15) is 44.6 Å². The van der Waals surface area contributed by atoms with Crippen LogP contribution in [0.4, 0.5) is 4.79 Å². The van der Waals surface area contributed by atoms with Gasteiger partial charge in [0.15, 0.2) is 0 Å². The molecule has 0 bridgehead atoms. The molecule has 0 spiro atoms. The van der Waals surface area contributed by atoms with Gasteiger partial charge in [-0.05, 0) is 43.6 Å². The summed E-state index contributed by atoms with van der Waals surface area (Å²) >= 11 is 0. The van der Waals surface area contributed by atoms with Gasteiger partial charge < -0.3 is 15.2 Å². The van der Waals surface area contributed by atoms with E-state index >= 15 is 0 Å². The predicted octanol–water partition coefficient (Wildman–Crippen LogP) is 3.58. The van der Waals surface area contributed by atoms with Crippen molar-refractivity contribution in [2.75, 3.05) is 0 Å². The third-order valence-corrected chi connectivity index (χ3v) is 4.65. The van der Waals surface area contributed by atoms with Gasteiger partial charge in [-0.15, -0.1) is 0 Å². The summed E-state index contributed by atoms with van der Waals surface area (Å²) in [7, 11) is 0. The molecule has 1 unspecified atom stereocenters. The van der Waals surface area contributed by atoms with E-state index in [4.69, 9.17) is 9.84 Å². The van der Waals surface area contributed by atoms with Crippen molar-refractivity contribution in [3.63, 3.8) is 0 Å². The van der Waals surface area contributed by atoms with Crippen LogP contribution in [0.15, 0.2) is 30.3 Å². The topological polar surface area (TPSA) is 75.6 Å². The van der Waals surface area contributed by atoms with Gasteiger partial charge in [-0.25, -0.2) is 4.79 Å². The average Bonchev–Trinajstić information content (AvgIpc) is 2.59. The highest BCUT2D eigenvalue weighted by Gasteiger charge is 2.30. The lowest BCUT2D eigenvalue weighted by Crippen LogP contribution is -2.42. The van der Waals surface area contributed by atoms with Crippen LogP contribution in [0.5, 0.6) is 0 Å². The Kier molecular flexibility index (Phi) is 6.44. The monoisotopic (exact) mass is 319 g/mol. The highest BCUT2D eigenvalue weighted by Crippen LogP contribution is 2.32. The molecule has 1 aliphatic rings. The molecule has 0 saturated heterocycles. The standard InChI is InChI=1S/C18H25NO4/c1-2-16(14-8-10-15(11-9-14)17(20)21)19-18(22)23-12-13-6-4-3-5-7-13/h3-7,14-16H,2,8-12H2,1H3,(H,19,22)(H,20,21)/t14-,15-,16?. The van der Waals surface area contributed by atoms with E-state index in [9.17, 15) is 9.59 Å². The van der Waals surface area contributed by atoms with Crippen LogP contribution in [0, 0.1) is 11.8 Å². The lowest BCUT2D eigenvalue weighted by atomic mass is 9.78. The van der Waals surface area contributed by atoms with Crippen molar-refractivity contribution in [1.82, 2.24) is 5.32 Å². The molecule has 0 radical (unpaired) electrons. The highest BCUT2D eigenvalue weighted by atomic mass is 16.5. The molecule has 1 fully saturated rings. The Morgan fingerprint density at radius 2 is 1.87 bits per heavy atom. The van der Waals surface area contributed by atoms with Crippen LogP contribution in [0.2, 0.25) is 0 Å². The average molecular weight is 319 g/mol. The first-order chi connectivity index (χ1) is 11.1. The van der Waals surface area contributed by atoms with Gasteiger partial charge >= 0.3 is 12.1 Å². The van der Waals surface area contributed by atoms with Crippen LogP contribution in [-0.2, 0) is 16.1 Å². The minimum Gasteiger partial charge on any atom is -0.481 e. The number of alkyl carbamates (subject to hydrolysis) is 1. The molecule has 1 saturated carbocycles. The number of nitrogens with one attached hydrogen (secondary N) is 1. The number of hydrogen-bond acceptors (Lipinski definition) is 3. The molecule has 1 atom stereocenters. The molecule has 1 aromatic rings. The van der Waals surface area contributed by atoms with Crippen LogP contribution in [0.3, 0.4) is 0 Å². The summed E-state index contributed by atoms with van der Waals surface area (Å²) in [5, 5.41) is 12.0. The summed E-state index contributed by atoms with van der Waals surface area (Å²) in [6.07, 6.45) is 3.49. The molecule has 0 aromatic heterocycles. The molecule has 1 aromatic carbocycles. The maximum Gasteiger partial charge on any atom is 0.407 e. The lowest BCUT2D eigenvalue weighted by Gasteiger charge is -2.32. The van der Waals surface area contributed by atoms with E-state index < -0.39 is 12.1 Å². The Morgan fingerprint density at radius 1 is 1.22 bits per heavy atom. The fraction of sp³-hybridized carbons (Fsp3) is 0.556. The SMILES string of the molecule is CCC(NC(=O)OCc1ccccc1)[C@H]1CC[C@H](C(=O)O)CC1. The highest BCUT2D eigenvalue weighted by molar-refractivity contribution is 5.70. The van der Waals surface area contributed by atoms with Gasteiger partial charge in [0.1, 0.15) is 6.61 Å². The minimum atomic E-state index is -0.702. The Bertz CT molecular complexity index is 509. The van der Waals surface area contributed by atoms with Crippen molar-refractivity contribution in [2.24, 2.45) is 11.8 Å². The molecule has 23 heavy (non-hydrogen) atoms. The molecule has 1 aliphatic carbocycles. The molecule has 5 nitrogen and oxygen atoms in total. The number of aliphatic carboxylic acids is 1. The smallest absolute Gasteiger partial charge is 0.407 e. The van der Waals surface area contributed by atoms with Crippen LogP contribution in [0.25, 0.3) is 0 Å². The van der Waals surface area contributed by atoms with Gasteiger partial charge in [-0.1, -0.05) is 37.3 Å². The van der Waals surface area contributed by atoms with Gasteiger partial charge in [0.2, 0.25) is 0 Å². The molecule has 2 rings (SSSR count). The number of carboxylic acids is 1. The molecule has 0 aliphatic heterocycles. The molecule has 2 N–H and O–H groups in total. The number of carbonyl (C=O) groups excluding carboxylic acids is 1. The van der Waals surface area contributed by atoms with Crippen molar-refractivity contribution < 1.29 is 19.4 Å². The second-order valence-electron chi connectivity index (χ2n) is 6.17.